The highest BCUT2D eigenvalue weighted by Crippen LogP contribution is 2.41. The highest BCUT2D eigenvalue weighted by atomic mass is 16.3. The van der Waals surface area contributed by atoms with E-state index in [-0.39, 0.29) is 0 Å². The van der Waals surface area contributed by atoms with Gasteiger partial charge in [-0.05, 0) is 70.3 Å². The molecular weight excluding hydrogens is 599 g/mol. The summed E-state index contributed by atoms with van der Waals surface area (Å²) in [7, 11) is 0. The Kier molecular flexibility index (Phi) is 7.10. The highest BCUT2D eigenvalue weighted by Gasteiger charge is 2.18. The van der Waals surface area contributed by atoms with Crippen LogP contribution in [0.3, 0.4) is 0 Å². The molecule has 4 heteroatoms. The Morgan fingerprint density at radius 3 is 1.67 bits per heavy atom. The number of pyridine rings is 1. The first-order valence-electron chi connectivity index (χ1n) is 16.3. The number of hydrogen-bond acceptors (Lipinski definition) is 4. The molecule has 49 heavy (non-hydrogen) atoms. The van der Waals surface area contributed by atoms with Gasteiger partial charge in [0.15, 0.2) is 5.82 Å². The number of nitrogens with zero attached hydrogens (tertiary/aromatic N) is 3. The lowest BCUT2D eigenvalue weighted by Crippen LogP contribution is -1.97. The van der Waals surface area contributed by atoms with Crippen molar-refractivity contribution in [2.24, 2.45) is 0 Å². The van der Waals surface area contributed by atoms with Gasteiger partial charge < -0.3 is 4.42 Å². The highest BCUT2D eigenvalue weighted by molar-refractivity contribution is 6.10. The second-order valence-corrected chi connectivity index (χ2v) is 12.1. The molecule has 0 spiro atoms. The minimum atomic E-state index is 0.668. The maximum Gasteiger partial charge on any atom is 0.160 e. The third kappa shape index (κ3) is 5.35. The van der Waals surface area contributed by atoms with E-state index < -0.39 is 0 Å². The van der Waals surface area contributed by atoms with Gasteiger partial charge in [0.2, 0.25) is 0 Å². The summed E-state index contributed by atoms with van der Waals surface area (Å²) in [6.07, 6.45) is 3.60. The van der Waals surface area contributed by atoms with E-state index in [0.717, 1.165) is 77.8 Å². The number of aromatic nitrogens is 3. The summed E-state index contributed by atoms with van der Waals surface area (Å²) in [4.78, 5) is 14.5. The Morgan fingerprint density at radius 1 is 0.367 bits per heavy atom. The average Bonchev–Trinajstić information content (AvgIpc) is 3.58. The molecule has 0 radical (unpaired) electrons. The molecule has 0 aliphatic carbocycles. The fourth-order valence-corrected chi connectivity index (χ4v) is 6.65. The molecule has 0 amide bonds. The SMILES string of the molecule is c1ccc(-c2nc(-c3ccncc3)cc(-c3cc(-c4ccccc4-c4ccccc4)cc(-c4cccc5c4oc4ccccc45)c3)n2)cc1. The van der Waals surface area contributed by atoms with E-state index in [1.54, 1.807) is 12.4 Å². The van der Waals surface area contributed by atoms with Crippen LogP contribution in [0.25, 0.3) is 89.2 Å². The number of hydrogen-bond donors (Lipinski definition) is 0. The van der Waals surface area contributed by atoms with Crippen LogP contribution in [0.4, 0.5) is 0 Å². The summed E-state index contributed by atoms with van der Waals surface area (Å²) in [6, 6.07) is 56.7. The average molecular weight is 628 g/mol. The van der Waals surface area contributed by atoms with Crippen molar-refractivity contribution in [3.8, 4) is 67.3 Å². The van der Waals surface area contributed by atoms with Crippen molar-refractivity contribution < 1.29 is 4.42 Å². The van der Waals surface area contributed by atoms with Crippen molar-refractivity contribution in [1.82, 2.24) is 15.0 Å². The van der Waals surface area contributed by atoms with Crippen LogP contribution in [0.15, 0.2) is 181 Å². The fraction of sp³-hybridized carbons (Fsp3) is 0. The van der Waals surface area contributed by atoms with E-state index >= 15 is 0 Å². The fourth-order valence-electron chi connectivity index (χ4n) is 6.65. The summed E-state index contributed by atoms with van der Waals surface area (Å²) in [6.45, 7) is 0. The van der Waals surface area contributed by atoms with Gasteiger partial charge in [0.1, 0.15) is 11.2 Å². The number of rotatable bonds is 6. The molecule has 3 aromatic heterocycles. The van der Waals surface area contributed by atoms with Crippen molar-refractivity contribution in [2.75, 3.05) is 0 Å². The van der Waals surface area contributed by atoms with E-state index in [9.17, 15) is 0 Å². The standard InChI is InChI=1S/C45H29N3O/c1-3-12-30(13-4-1)36-16-7-8-17-37(36)33-26-34(38-19-11-20-40-39-18-9-10-21-43(39)49-44(38)40)28-35(27-33)42-29-41(31-22-24-46-25-23-31)47-45(48-42)32-14-5-2-6-15-32/h1-29H. The van der Waals surface area contributed by atoms with E-state index in [4.69, 9.17) is 14.4 Å². The van der Waals surface area contributed by atoms with Gasteiger partial charge in [-0.1, -0.05) is 121 Å². The molecule has 0 saturated carbocycles. The normalized spacial score (nSPS) is 11.3. The lowest BCUT2D eigenvalue weighted by atomic mass is 9.90. The van der Waals surface area contributed by atoms with Crippen LogP contribution in [0.2, 0.25) is 0 Å². The van der Waals surface area contributed by atoms with Crippen molar-refractivity contribution in [2.45, 2.75) is 0 Å². The van der Waals surface area contributed by atoms with Crippen LogP contribution in [0.1, 0.15) is 0 Å². The topological polar surface area (TPSA) is 51.8 Å². The van der Waals surface area contributed by atoms with Gasteiger partial charge in [-0.25, -0.2) is 9.97 Å². The molecule has 0 N–H and O–H groups in total. The van der Waals surface area contributed by atoms with Gasteiger partial charge in [0, 0.05) is 45.4 Å². The predicted octanol–water partition coefficient (Wildman–Crippen LogP) is 11.8. The van der Waals surface area contributed by atoms with Crippen LogP contribution in [0.5, 0.6) is 0 Å². The Balaban J connectivity index is 1.32. The maximum atomic E-state index is 6.54. The Hall–Kier alpha value is -6.65. The van der Waals surface area contributed by atoms with Gasteiger partial charge in [-0.15, -0.1) is 0 Å². The minimum Gasteiger partial charge on any atom is -0.455 e. The third-order valence-corrected chi connectivity index (χ3v) is 9.00. The van der Waals surface area contributed by atoms with E-state index in [2.05, 4.69) is 126 Å². The molecule has 9 rings (SSSR count). The molecule has 0 fully saturated rings. The van der Waals surface area contributed by atoms with Crippen LogP contribution in [-0.2, 0) is 0 Å². The van der Waals surface area contributed by atoms with Crippen LogP contribution in [0, 0.1) is 0 Å². The van der Waals surface area contributed by atoms with Crippen molar-refractivity contribution in [3.63, 3.8) is 0 Å². The third-order valence-electron chi connectivity index (χ3n) is 9.00. The van der Waals surface area contributed by atoms with Gasteiger partial charge in [-0.2, -0.15) is 0 Å². The molecule has 0 aliphatic heterocycles. The number of para-hydroxylation sites is 2. The number of benzene rings is 6. The molecule has 230 valence electrons. The lowest BCUT2D eigenvalue weighted by Gasteiger charge is -2.15. The summed E-state index contributed by atoms with van der Waals surface area (Å²) in [5.41, 5.74) is 13.0. The molecule has 3 heterocycles. The largest absolute Gasteiger partial charge is 0.455 e. The van der Waals surface area contributed by atoms with Crippen molar-refractivity contribution >= 4 is 21.9 Å². The molecule has 0 aliphatic rings. The number of fused-ring (bicyclic) bond motifs is 3. The van der Waals surface area contributed by atoms with Crippen LogP contribution < -0.4 is 0 Å². The molecule has 4 nitrogen and oxygen atoms in total. The Bertz CT molecular complexity index is 2540. The first-order chi connectivity index (χ1) is 24.3. The minimum absolute atomic E-state index is 0.668. The predicted molar refractivity (Wildman–Crippen MR) is 200 cm³/mol. The first kappa shape index (κ1) is 28.6. The summed E-state index contributed by atoms with van der Waals surface area (Å²) in [5, 5.41) is 2.20. The van der Waals surface area contributed by atoms with Gasteiger partial charge in [0.05, 0.1) is 11.4 Å². The molecule has 0 bridgehead atoms. The molecule has 0 unspecified atom stereocenters. The molecule has 9 aromatic rings. The Labute approximate surface area is 284 Å². The zero-order valence-corrected chi connectivity index (χ0v) is 26.5. The van der Waals surface area contributed by atoms with E-state index in [1.807, 2.05) is 42.5 Å². The summed E-state index contributed by atoms with van der Waals surface area (Å²) in [5.74, 6) is 0.668. The quantitative estimate of drug-likeness (QED) is 0.184. The van der Waals surface area contributed by atoms with Crippen LogP contribution >= 0.6 is 0 Å². The summed E-state index contributed by atoms with van der Waals surface area (Å²) >= 11 is 0. The monoisotopic (exact) mass is 627 g/mol. The van der Waals surface area contributed by atoms with Crippen molar-refractivity contribution in [1.29, 1.82) is 0 Å². The number of furan rings is 1. The van der Waals surface area contributed by atoms with E-state index in [0.29, 0.717) is 5.82 Å². The zero-order chi connectivity index (χ0) is 32.6. The maximum absolute atomic E-state index is 6.54. The summed E-state index contributed by atoms with van der Waals surface area (Å²) < 4.78 is 6.54. The second kappa shape index (κ2) is 12.2. The van der Waals surface area contributed by atoms with Gasteiger partial charge in [0.25, 0.3) is 0 Å². The lowest BCUT2D eigenvalue weighted by molar-refractivity contribution is 0.670. The smallest absolute Gasteiger partial charge is 0.160 e. The molecule has 0 saturated heterocycles. The molecular formula is C45H29N3O. The van der Waals surface area contributed by atoms with Crippen molar-refractivity contribution in [3.05, 3.63) is 176 Å². The molecule has 6 aromatic carbocycles. The zero-order valence-electron chi connectivity index (χ0n) is 26.5. The Morgan fingerprint density at radius 2 is 0.918 bits per heavy atom. The van der Waals surface area contributed by atoms with E-state index in [1.165, 1.54) is 5.56 Å². The van der Waals surface area contributed by atoms with Gasteiger partial charge >= 0.3 is 0 Å². The molecule has 0 atom stereocenters. The van der Waals surface area contributed by atoms with Crippen LogP contribution in [-0.4, -0.2) is 15.0 Å². The second-order valence-electron chi connectivity index (χ2n) is 12.1. The van der Waals surface area contributed by atoms with Gasteiger partial charge in [-0.3, -0.25) is 4.98 Å². The first-order valence-corrected chi connectivity index (χ1v) is 16.3.